The number of ether oxygens (including phenoxy) is 2. The Bertz CT molecular complexity index is 378. The molecule has 0 aliphatic heterocycles. The highest BCUT2D eigenvalue weighted by molar-refractivity contribution is 9.10. The number of rotatable bonds is 7. The lowest BCUT2D eigenvalue weighted by atomic mass is 10.1. The number of hydrogen-bond acceptors (Lipinski definition) is 3. The number of halogens is 1. The van der Waals surface area contributed by atoms with Gasteiger partial charge >= 0.3 is 0 Å². The quantitative estimate of drug-likeness (QED) is 0.832. The third-order valence-corrected chi connectivity index (χ3v) is 3.08. The summed E-state index contributed by atoms with van der Waals surface area (Å²) < 4.78 is 12.1. The molecule has 0 atom stereocenters. The van der Waals surface area contributed by atoms with E-state index in [1.165, 1.54) is 0 Å². The molecule has 0 saturated carbocycles. The highest BCUT2D eigenvalue weighted by Gasteiger charge is 2.12. The molecule has 4 heteroatoms. The second-order valence-electron chi connectivity index (χ2n) is 4.53. The molecule has 3 nitrogen and oxygen atoms in total. The van der Waals surface area contributed by atoms with Crippen molar-refractivity contribution in [3.05, 3.63) is 22.2 Å². The summed E-state index contributed by atoms with van der Waals surface area (Å²) in [5.41, 5.74) is 0.807. The SMILES string of the molecule is CCOc1cc(CO)cc(Br)c1OCCC(C)C. The molecule has 1 aromatic carbocycles. The second kappa shape index (κ2) is 7.64. The average molecular weight is 317 g/mol. The van der Waals surface area contributed by atoms with Crippen LogP contribution >= 0.6 is 15.9 Å². The van der Waals surface area contributed by atoms with Gasteiger partial charge in [-0.3, -0.25) is 0 Å². The van der Waals surface area contributed by atoms with E-state index in [4.69, 9.17) is 9.47 Å². The Balaban J connectivity index is 2.86. The first-order valence-electron chi connectivity index (χ1n) is 6.27. The first kappa shape index (κ1) is 15.3. The third kappa shape index (κ3) is 4.50. The van der Waals surface area contributed by atoms with Crippen molar-refractivity contribution in [1.29, 1.82) is 0 Å². The van der Waals surface area contributed by atoms with Gasteiger partial charge < -0.3 is 14.6 Å². The van der Waals surface area contributed by atoms with Crippen LogP contribution in [0.1, 0.15) is 32.8 Å². The van der Waals surface area contributed by atoms with E-state index in [0.29, 0.717) is 24.9 Å². The van der Waals surface area contributed by atoms with Gasteiger partial charge in [0.05, 0.1) is 24.3 Å². The molecule has 1 N–H and O–H groups in total. The van der Waals surface area contributed by atoms with Crippen molar-refractivity contribution in [1.82, 2.24) is 0 Å². The maximum atomic E-state index is 9.18. The van der Waals surface area contributed by atoms with Crippen molar-refractivity contribution in [3.8, 4) is 11.5 Å². The third-order valence-electron chi connectivity index (χ3n) is 2.49. The molecule has 0 radical (unpaired) electrons. The van der Waals surface area contributed by atoms with Gasteiger partial charge in [0.1, 0.15) is 0 Å². The Morgan fingerprint density at radius 2 is 2.00 bits per heavy atom. The Morgan fingerprint density at radius 3 is 2.56 bits per heavy atom. The van der Waals surface area contributed by atoms with Crippen molar-refractivity contribution >= 4 is 15.9 Å². The molecule has 0 aliphatic rings. The summed E-state index contributed by atoms with van der Waals surface area (Å²) >= 11 is 3.46. The molecule has 0 saturated heterocycles. The first-order valence-corrected chi connectivity index (χ1v) is 7.06. The molecule has 0 unspecified atom stereocenters. The summed E-state index contributed by atoms with van der Waals surface area (Å²) in [6.07, 6.45) is 1.000. The van der Waals surface area contributed by atoms with Gasteiger partial charge in [-0.05, 0) is 52.9 Å². The lowest BCUT2D eigenvalue weighted by Crippen LogP contribution is -2.05. The fraction of sp³-hybridized carbons (Fsp3) is 0.571. The zero-order valence-corrected chi connectivity index (χ0v) is 12.8. The monoisotopic (exact) mass is 316 g/mol. The van der Waals surface area contributed by atoms with Gasteiger partial charge in [-0.15, -0.1) is 0 Å². The van der Waals surface area contributed by atoms with E-state index in [1.807, 2.05) is 19.1 Å². The molecule has 0 heterocycles. The summed E-state index contributed by atoms with van der Waals surface area (Å²) in [5, 5.41) is 9.18. The van der Waals surface area contributed by atoms with Gasteiger partial charge in [-0.2, -0.15) is 0 Å². The van der Waals surface area contributed by atoms with Crippen LogP contribution in [0, 0.1) is 5.92 Å². The van der Waals surface area contributed by atoms with E-state index in [-0.39, 0.29) is 6.61 Å². The van der Waals surface area contributed by atoms with Crippen molar-refractivity contribution in [2.24, 2.45) is 5.92 Å². The van der Waals surface area contributed by atoms with Crippen molar-refractivity contribution in [3.63, 3.8) is 0 Å². The summed E-state index contributed by atoms with van der Waals surface area (Å²) in [5.74, 6) is 2.01. The van der Waals surface area contributed by atoms with Gasteiger partial charge in [0.25, 0.3) is 0 Å². The molecule has 0 aliphatic carbocycles. The fourth-order valence-electron chi connectivity index (χ4n) is 1.51. The minimum absolute atomic E-state index is 0.00898. The Hall–Kier alpha value is -0.740. The highest BCUT2D eigenvalue weighted by Crippen LogP contribution is 2.37. The smallest absolute Gasteiger partial charge is 0.175 e. The molecular weight excluding hydrogens is 296 g/mol. The van der Waals surface area contributed by atoms with Crippen molar-refractivity contribution < 1.29 is 14.6 Å². The normalized spacial score (nSPS) is 10.8. The summed E-state index contributed by atoms with van der Waals surface area (Å²) in [6, 6.07) is 3.67. The van der Waals surface area contributed by atoms with E-state index in [2.05, 4.69) is 29.8 Å². The standard InChI is InChI=1S/C14H21BrO3/c1-4-17-13-8-11(9-16)7-12(15)14(13)18-6-5-10(2)3/h7-8,10,16H,4-6,9H2,1-3H3. The van der Waals surface area contributed by atoms with E-state index in [0.717, 1.165) is 22.2 Å². The van der Waals surface area contributed by atoms with Crippen LogP contribution < -0.4 is 9.47 Å². The van der Waals surface area contributed by atoms with Crippen molar-refractivity contribution in [2.45, 2.75) is 33.8 Å². The average Bonchev–Trinajstić information content (AvgIpc) is 2.32. The Morgan fingerprint density at radius 1 is 1.28 bits per heavy atom. The molecule has 1 rings (SSSR count). The van der Waals surface area contributed by atoms with Gasteiger partial charge in [-0.25, -0.2) is 0 Å². The van der Waals surface area contributed by atoms with E-state index >= 15 is 0 Å². The highest BCUT2D eigenvalue weighted by atomic mass is 79.9. The molecule has 0 spiro atoms. The number of aliphatic hydroxyl groups is 1. The number of aliphatic hydroxyl groups excluding tert-OH is 1. The lowest BCUT2D eigenvalue weighted by molar-refractivity contribution is 0.256. The minimum Gasteiger partial charge on any atom is -0.490 e. The van der Waals surface area contributed by atoms with Crippen LogP contribution in [0.25, 0.3) is 0 Å². The molecule has 102 valence electrons. The topological polar surface area (TPSA) is 38.7 Å². The van der Waals surface area contributed by atoms with Gasteiger partial charge in [0.15, 0.2) is 11.5 Å². The largest absolute Gasteiger partial charge is 0.490 e. The number of hydrogen-bond donors (Lipinski definition) is 1. The van der Waals surface area contributed by atoms with Crippen molar-refractivity contribution in [2.75, 3.05) is 13.2 Å². The van der Waals surface area contributed by atoms with Crippen LogP contribution in [0.4, 0.5) is 0 Å². The van der Waals surface area contributed by atoms with Crippen LogP contribution in [0.5, 0.6) is 11.5 Å². The van der Waals surface area contributed by atoms with Crippen LogP contribution in [0.3, 0.4) is 0 Å². The Labute approximate surface area is 117 Å². The van der Waals surface area contributed by atoms with E-state index in [9.17, 15) is 5.11 Å². The zero-order chi connectivity index (χ0) is 13.5. The van der Waals surface area contributed by atoms with Crippen LogP contribution in [0.2, 0.25) is 0 Å². The van der Waals surface area contributed by atoms with Gasteiger partial charge in [0.2, 0.25) is 0 Å². The van der Waals surface area contributed by atoms with E-state index < -0.39 is 0 Å². The summed E-state index contributed by atoms with van der Waals surface area (Å²) in [6.45, 7) is 7.48. The van der Waals surface area contributed by atoms with Crippen LogP contribution in [-0.2, 0) is 6.61 Å². The molecular formula is C14H21BrO3. The summed E-state index contributed by atoms with van der Waals surface area (Å²) in [7, 11) is 0. The maximum Gasteiger partial charge on any atom is 0.175 e. The predicted octanol–water partition coefficient (Wildman–Crippen LogP) is 3.77. The molecule has 18 heavy (non-hydrogen) atoms. The van der Waals surface area contributed by atoms with Gasteiger partial charge in [-0.1, -0.05) is 13.8 Å². The zero-order valence-electron chi connectivity index (χ0n) is 11.2. The first-order chi connectivity index (χ1) is 8.58. The van der Waals surface area contributed by atoms with E-state index in [1.54, 1.807) is 0 Å². The molecule has 0 bridgehead atoms. The molecule has 0 amide bonds. The predicted molar refractivity (Wildman–Crippen MR) is 76.2 cm³/mol. The molecule has 1 aromatic rings. The second-order valence-corrected chi connectivity index (χ2v) is 5.38. The molecule has 0 aromatic heterocycles. The van der Waals surface area contributed by atoms with Crippen LogP contribution in [-0.4, -0.2) is 18.3 Å². The van der Waals surface area contributed by atoms with Gasteiger partial charge in [0, 0.05) is 0 Å². The number of benzene rings is 1. The fourth-order valence-corrected chi connectivity index (χ4v) is 2.12. The van der Waals surface area contributed by atoms with Crippen LogP contribution in [0.15, 0.2) is 16.6 Å². The maximum absolute atomic E-state index is 9.18. The lowest BCUT2D eigenvalue weighted by Gasteiger charge is -2.15. The summed E-state index contributed by atoms with van der Waals surface area (Å²) in [4.78, 5) is 0. The minimum atomic E-state index is -0.00898. The Kier molecular flexibility index (Phi) is 6.50. The molecule has 0 fully saturated rings.